The maximum Gasteiger partial charge on any atom is 0.490 e. The van der Waals surface area contributed by atoms with Gasteiger partial charge in [0.2, 0.25) is 5.91 Å². The van der Waals surface area contributed by atoms with Gasteiger partial charge in [0.1, 0.15) is 12.2 Å². The normalized spacial score (nSPS) is 25.2. The number of rotatable bonds is 3. The maximum absolute atomic E-state index is 13.5. The molecule has 33 heavy (non-hydrogen) atoms. The van der Waals surface area contributed by atoms with Crippen LogP contribution >= 0.6 is 0 Å². The van der Waals surface area contributed by atoms with E-state index in [9.17, 15) is 22.4 Å². The molecule has 1 N–H and O–H groups in total. The molecule has 2 aromatic rings. The van der Waals surface area contributed by atoms with Crippen molar-refractivity contribution >= 4 is 17.6 Å². The molecule has 178 valence electrons. The Balaban J connectivity index is 0.000000325. The Kier molecular flexibility index (Phi) is 5.83. The van der Waals surface area contributed by atoms with Crippen LogP contribution in [0.4, 0.5) is 23.2 Å². The highest BCUT2D eigenvalue weighted by molar-refractivity contribution is 5.82. The Labute approximate surface area is 187 Å². The fourth-order valence-corrected chi connectivity index (χ4v) is 4.83. The van der Waals surface area contributed by atoms with Crippen molar-refractivity contribution in [3.8, 4) is 5.82 Å². The first kappa shape index (κ1) is 23.1. The molecule has 1 saturated carbocycles. The Morgan fingerprint density at radius 1 is 1.27 bits per heavy atom. The Morgan fingerprint density at radius 2 is 1.97 bits per heavy atom. The van der Waals surface area contributed by atoms with E-state index in [2.05, 4.69) is 27.4 Å². The smallest absolute Gasteiger partial charge is 0.475 e. The summed E-state index contributed by atoms with van der Waals surface area (Å²) in [6.45, 7) is 3.37. The van der Waals surface area contributed by atoms with Crippen LogP contribution in [-0.4, -0.2) is 63.9 Å². The molecule has 2 aliphatic heterocycles. The van der Waals surface area contributed by atoms with Crippen molar-refractivity contribution in [3.05, 3.63) is 42.4 Å². The van der Waals surface area contributed by atoms with Gasteiger partial charge in [-0.3, -0.25) is 4.79 Å². The number of carbonyl (C=O) groups is 2. The zero-order valence-corrected chi connectivity index (χ0v) is 17.9. The van der Waals surface area contributed by atoms with Gasteiger partial charge in [0.15, 0.2) is 5.82 Å². The summed E-state index contributed by atoms with van der Waals surface area (Å²) in [6.07, 6.45) is 0.522. The molecule has 0 aromatic carbocycles. The van der Waals surface area contributed by atoms with Crippen LogP contribution in [0.15, 0.2) is 36.7 Å². The number of pyridine rings is 1. The second kappa shape index (κ2) is 8.35. The maximum atomic E-state index is 13.5. The van der Waals surface area contributed by atoms with Crippen LogP contribution in [0.5, 0.6) is 0 Å². The second-order valence-electron chi connectivity index (χ2n) is 8.61. The number of carboxylic acid groups (broad SMARTS) is 1. The Morgan fingerprint density at radius 3 is 2.58 bits per heavy atom. The number of fused-ring (bicyclic) bond motifs is 4. The third-order valence-electron chi connectivity index (χ3n) is 6.56. The summed E-state index contributed by atoms with van der Waals surface area (Å²) >= 11 is 0. The molecule has 0 radical (unpaired) electrons. The fourth-order valence-electron chi connectivity index (χ4n) is 4.83. The van der Waals surface area contributed by atoms with Crippen molar-refractivity contribution in [2.45, 2.75) is 31.5 Å². The van der Waals surface area contributed by atoms with Crippen molar-refractivity contribution in [2.75, 3.05) is 31.2 Å². The van der Waals surface area contributed by atoms with Crippen LogP contribution in [0.3, 0.4) is 0 Å². The summed E-state index contributed by atoms with van der Waals surface area (Å²) in [6, 6.07) is 8.02. The lowest BCUT2D eigenvalue weighted by atomic mass is 9.89. The van der Waals surface area contributed by atoms with Crippen LogP contribution in [0.25, 0.3) is 5.82 Å². The van der Waals surface area contributed by atoms with Crippen LogP contribution in [0.1, 0.15) is 25.5 Å². The number of carbonyl (C=O) groups excluding carboxylic acids is 1. The molecule has 3 aliphatic rings. The highest BCUT2D eigenvalue weighted by Gasteiger charge is 2.53. The number of anilines is 1. The third kappa shape index (κ3) is 4.04. The van der Waals surface area contributed by atoms with Crippen LogP contribution in [0.2, 0.25) is 0 Å². The first-order chi connectivity index (χ1) is 15.6. The van der Waals surface area contributed by atoms with Gasteiger partial charge in [0.05, 0.1) is 11.4 Å². The largest absolute Gasteiger partial charge is 0.490 e. The van der Waals surface area contributed by atoms with E-state index in [0.29, 0.717) is 19.0 Å². The SMILES string of the molecule is CC1CC1C(=O)N1CCC2(C1)c1cccn1-c1ncccc1N2CCF.O=C(O)C(F)(F)F. The average Bonchev–Trinajstić information content (AvgIpc) is 3.17. The van der Waals surface area contributed by atoms with E-state index < -0.39 is 18.8 Å². The number of aromatic nitrogens is 2. The van der Waals surface area contributed by atoms with Crippen molar-refractivity contribution in [2.24, 2.45) is 11.8 Å². The van der Waals surface area contributed by atoms with Gasteiger partial charge in [-0.2, -0.15) is 13.2 Å². The number of aliphatic carboxylic acids is 1. The Hall–Kier alpha value is -3.11. The predicted octanol–water partition coefficient (Wildman–Crippen LogP) is 3.38. The molecule has 1 saturated heterocycles. The molecule has 0 bridgehead atoms. The van der Waals surface area contributed by atoms with E-state index >= 15 is 0 Å². The molecule has 1 amide bonds. The molecule has 7 nitrogen and oxygen atoms in total. The first-order valence-corrected chi connectivity index (χ1v) is 10.7. The number of hydrogen-bond donors (Lipinski definition) is 1. The van der Waals surface area contributed by atoms with E-state index in [4.69, 9.17) is 9.90 Å². The van der Waals surface area contributed by atoms with Gasteiger partial charge < -0.3 is 19.5 Å². The highest BCUT2D eigenvalue weighted by atomic mass is 19.4. The highest BCUT2D eigenvalue weighted by Crippen LogP contribution is 2.48. The molecule has 1 aliphatic carbocycles. The molecule has 2 aromatic heterocycles. The van der Waals surface area contributed by atoms with E-state index in [-0.39, 0.29) is 17.4 Å². The van der Waals surface area contributed by atoms with Crippen molar-refractivity contribution < 1.29 is 32.3 Å². The van der Waals surface area contributed by atoms with Crippen LogP contribution < -0.4 is 4.90 Å². The first-order valence-electron chi connectivity index (χ1n) is 10.7. The van der Waals surface area contributed by atoms with Crippen LogP contribution in [-0.2, 0) is 15.1 Å². The molecular weight excluding hydrogens is 444 g/mol. The van der Waals surface area contributed by atoms with E-state index in [1.165, 1.54) is 0 Å². The molecule has 1 spiro atoms. The summed E-state index contributed by atoms with van der Waals surface area (Å²) in [5, 5.41) is 7.12. The van der Waals surface area contributed by atoms with Crippen molar-refractivity contribution in [1.29, 1.82) is 0 Å². The van der Waals surface area contributed by atoms with E-state index in [0.717, 1.165) is 36.6 Å². The summed E-state index contributed by atoms with van der Waals surface area (Å²) < 4.78 is 47.4. The minimum atomic E-state index is -5.08. The van der Waals surface area contributed by atoms with Crippen LogP contribution in [0, 0.1) is 11.8 Å². The number of amides is 1. The fraction of sp³-hybridized carbons (Fsp3) is 0.500. The minimum absolute atomic E-state index is 0.184. The third-order valence-corrected chi connectivity index (χ3v) is 6.56. The van der Waals surface area contributed by atoms with E-state index in [1.54, 1.807) is 6.20 Å². The molecule has 2 fully saturated rings. The number of halogens is 4. The number of carboxylic acids is 1. The average molecular weight is 468 g/mol. The minimum Gasteiger partial charge on any atom is -0.475 e. The number of nitrogens with zero attached hydrogens (tertiary/aromatic N) is 4. The van der Waals surface area contributed by atoms with Gasteiger partial charge in [-0.15, -0.1) is 0 Å². The van der Waals surface area contributed by atoms with Gasteiger partial charge in [0.25, 0.3) is 0 Å². The quantitative estimate of drug-likeness (QED) is 0.699. The molecule has 11 heteroatoms. The standard InChI is InChI=1S/C20H23FN4O.C2HF3O2/c1-14-12-15(14)19(26)23-10-6-20(13-23)17-5-3-9-24(17)18-16(4-2-8-22-18)25(20)11-7-21;3-2(4,5)1(6)7/h2-5,8-9,14-15H,6-7,10-13H2,1H3;(H,6,7). The predicted molar refractivity (Wildman–Crippen MR) is 111 cm³/mol. The summed E-state index contributed by atoms with van der Waals surface area (Å²) in [4.78, 5) is 30.4. The lowest BCUT2D eigenvalue weighted by Gasteiger charge is -2.46. The molecule has 5 rings (SSSR count). The molecular formula is C22H24F4N4O3. The molecule has 4 heterocycles. The summed E-state index contributed by atoms with van der Waals surface area (Å²) in [5.41, 5.74) is 1.68. The number of alkyl halides is 4. The van der Waals surface area contributed by atoms with Gasteiger partial charge >= 0.3 is 12.1 Å². The van der Waals surface area contributed by atoms with Gasteiger partial charge in [-0.25, -0.2) is 14.2 Å². The zero-order chi connectivity index (χ0) is 24.0. The van der Waals surface area contributed by atoms with Crippen molar-refractivity contribution in [1.82, 2.24) is 14.5 Å². The van der Waals surface area contributed by atoms with Gasteiger partial charge in [0, 0.05) is 37.9 Å². The lowest BCUT2D eigenvalue weighted by Crippen LogP contribution is -2.53. The van der Waals surface area contributed by atoms with Gasteiger partial charge in [-0.05, 0) is 43.0 Å². The second-order valence-corrected chi connectivity index (χ2v) is 8.61. The number of hydrogen-bond acceptors (Lipinski definition) is 4. The molecule has 3 atom stereocenters. The monoisotopic (exact) mass is 468 g/mol. The summed E-state index contributed by atoms with van der Waals surface area (Å²) in [5.74, 6) is -0.963. The Bertz CT molecular complexity index is 1060. The number of likely N-dealkylation sites (tertiary alicyclic amines) is 1. The van der Waals surface area contributed by atoms with Gasteiger partial charge in [-0.1, -0.05) is 6.92 Å². The lowest BCUT2D eigenvalue weighted by molar-refractivity contribution is -0.192. The summed E-state index contributed by atoms with van der Waals surface area (Å²) in [7, 11) is 0. The topological polar surface area (TPSA) is 78.7 Å². The molecule has 3 unspecified atom stereocenters. The van der Waals surface area contributed by atoms with Crippen molar-refractivity contribution in [3.63, 3.8) is 0 Å². The van der Waals surface area contributed by atoms with E-state index in [1.807, 2.05) is 29.3 Å². The zero-order valence-electron chi connectivity index (χ0n) is 17.9.